The lowest BCUT2D eigenvalue weighted by Crippen LogP contribution is -2.25. The summed E-state index contributed by atoms with van der Waals surface area (Å²) in [7, 11) is 0. The van der Waals surface area contributed by atoms with Gasteiger partial charge in [0.05, 0.1) is 12.0 Å². The molecule has 0 saturated heterocycles. The molecule has 2 aromatic rings. The van der Waals surface area contributed by atoms with Crippen LogP contribution in [0.1, 0.15) is 55.7 Å². The number of nitriles is 1. The number of benzene rings is 2. The van der Waals surface area contributed by atoms with Gasteiger partial charge in [0, 0.05) is 13.5 Å². The second-order valence-electron chi connectivity index (χ2n) is 7.82. The average Bonchev–Trinajstić information content (AvgIpc) is 3.51. The van der Waals surface area contributed by atoms with E-state index < -0.39 is 12.1 Å². The normalized spacial score (nSPS) is 17.8. The van der Waals surface area contributed by atoms with E-state index in [2.05, 4.69) is 36.1 Å². The van der Waals surface area contributed by atoms with E-state index in [9.17, 15) is 13.2 Å². The Bertz CT molecular complexity index is 779. The number of aryl methyl sites for hydroxylation is 1. The number of halogens is 3. The topological polar surface area (TPSA) is 27.0 Å². The van der Waals surface area contributed by atoms with Crippen LogP contribution in [-0.2, 0) is 13.0 Å². The highest BCUT2D eigenvalue weighted by Gasteiger charge is 2.55. The fourth-order valence-corrected chi connectivity index (χ4v) is 3.79. The van der Waals surface area contributed by atoms with Crippen molar-refractivity contribution in [2.75, 3.05) is 13.1 Å². The summed E-state index contributed by atoms with van der Waals surface area (Å²) in [6.07, 6.45) is -0.661. The molecule has 2 unspecified atom stereocenters. The van der Waals surface area contributed by atoms with E-state index in [1.165, 1.54) is 18.1 Å². The Hall–Kier alpha value is -2.32. The van der Waals surface area contributed by atoms with Crippen LogP contribution >= 0.6 is 0 Å². The zero-order chi connectivity index (χ0) is 22.0. The van der Waals surface area contributed by atoms with Crippen LogP contribution in [0.25, 0.3) is 0 Å². The van der Waals surface area contributed by atoms with Crippen molar-refractivity contribution in [1.82, 2.24) is 4.90 Å². The summed E-state index contributed by atoms with van der Waals surface area (Å²) < 4.78 is 38.1. The van der Waals surface area contributed by atoms with Crippen molar-refractivity contribution in [2.24, 2.45) is 5.92 Å². The Balaban J connectivity index is 0.00000101. The molecular formula is C25H31F3N2. The molecular weight excluding hydrogens is 385 g/mol. The molecule has 2 aromatic carbocycles. The maximum absolute atomic E-state index is 12.7. The molecule has 0 amide bonds. The molecule has 1 aliphatic rings. The standard InChI is InChI=1S/C23H28F3N.C2H3N/c1-2-14-27(17-19-7-4-3-5-8-19)15-6-9-18-10-12-20(13-11-18)21-16-22(21)23(24,25)26;1-2-3/h3-5,7-8,10-13,21-22H,2,6,9,14-17H2,1H3;1H3. The first-order valence-electron chi connectivity index (χ1n) is 10.6. The minimum atomic E-state index is -4.05. The minimum Gasteiger partial charge on any atom is -0.299 e. The molecule has 0 spiro atoms. The van der Waals surface area contributed by atoms with Crippen LogP contribution in [0.3, 0.4) is 0 Å². The van der Waals surface area contributed by atoms with Crippen molar-refractivity contribution in [1.29, 1.82) is 5.26 Å². The fourth-order valence-electron chi connectivity index (χ4n) is 3.79. The summed E-state index contributed by atoms with van der Waals surface area (Å²) in [5.41, 5.74) is 3.37. The molecule has 162 valence electrons. The third-order valence-electron chi connectivity index (χ3n) is 5.35. The highest BCUT2D eigenvalue weighted by molar-refractivity contribution is 5.30. The van der Waals surface area contributed by atoms with Crippen LogP contribution < -0.4 is 0 Å². The van der Waals surface area contributed by atoms with Crippen molar-refractivity contribution in [3.8, 4) is 6.07 Å². The van der Waals surface area contributed by atoms with Gasteiger partial charge in [0.1, 0.15) is 0 Å². The highest BCUT2D eigenvalue weighted by atomic mass is 19.4. The van der Waals surface area contributed by atoms with Gasteiger partial charge in [-0.15, -0.1) is 0 Å². The van der Waals surface area contributed by atoms with E-state index in [1.54, 1.807) is 6.07 Å². The average molecular weight is 417 g/mol. The van der Waals surface area contributed by atoms with Crippen LogP contribution in [0.4, 0.5) is 13.2 Å². The Morgan fingerprint density at radius 2 is 1.63 bits per heavy atom. The summed E-state index contributed by atoms with van der Waals surface area (Å²) in [6.45, 7) is 6.70. The molecule has 0 aliphatic heterocycles. The molecule has 0 N–H and O–H groups in total. The van der Waals surface area contributed by atoms with Gasteiger partial charge in [0.15, 0.2) is 0 Å². The maximum atomic E-state index is 12.7. The van der Waals surface area contributed by atoms with Gasteiger partial charge in [0.2, 0.25) is 0 Å². The van der Waals surface area contributed by atoms with Crippen molar-refractivity contribution < 1.29 is 13.2 Å². The number of alkyl halides is 3. The van der Waals surface area contributed by atoms with Crippen LogP contribution in [0.5, 0.6) is 0 Å². The van der Waals surface area contributed by atoms with E-state index >= 15 is 0 Å². The molecule has 0 bridgehead atoms. The van der Waals surface area contributed by atoms with E-state index in [4.69, 9.17) is 5.26 Å². The number of hydrogen-bond donors (Lipinski definition) is 0. The van der Waals surface area contributed by atoms with Gasteiger partial charge < -0.3 is 0 Å². The highest BCUT2D eigenvalue weighted by Crippen LogP contribution is 2.56. The van der Waals surface area contributed by atoms with E-state index in [0.29, 0.717) is 0 Å². The van der Waals surface area contributed by atoms with Crippen LogP contribution in [0, 0.1) is 17.2 Å². The lowest BCUT2D eigenvalue weighted by Gasteiger charge is -2.21. The van der Waals surface area contributed by atoms with Gasteiger partial charge in [-0.05, 0) is 61.4 Å². The first kappa shape index (κ1) is 24.0. The SMILES string of the molecule is CC#N.CCCN(CCCc1ccc(C2CC2C(F)(F)F)cc1)Cc1ccccc1. The maximum Gasteiger partial charge on any atom is 0.392 e. The second kappa shape index (κ2) is 11.8. The van der Waals surface area contributed by atoms with Gasteiger partial charge in [-0.2, -0.15) is 18.4 Å². The molecule has 2 nitrogen and oxygen atoms in total. The number of hydrogen-bond acceptors (Lipinski definition) is 2. The van der Waals surface area contributed by atoms with Gasteiger partial charge in [-0.25, -0.2) is 0 Å². The summed E-state index contributed by atoms with van der Waals surface area (Å²) in [5.74, 6) is -1.46. The summed E-state index contributed by atoms with van der Waals surface area (Å²) in [6, 6.07) is 20.0. The Kier molecular flexibility index (Phi) is 9.39. The van der Waals surface area contributed by atoms with Crippen LogP contribution in [0.2, 0.25) is 0 Å². The molecule has 2 atom stereocenters. The van der Waals surface area contributed by atoms with Gasteiger partial charge >= 0.3 is 6.18 Å². The smallest absolute Gasteiger partial charge is 0.299 e. The molecule has 1 aliphatic carbocycles. The third kappa shape index (κ3) is 7.84. The largest absolute Gasteiger partial charge is 0.392 e. The minimum absolute atomic E-state index is 0.244. The molecule has 0 radical (unpaired) electrons. The zero-order valence-electron chi connectivity index (χ0n) is 17.8. The van der Waals surface area contributed by atoms with Crippen LogP contribution in [-0.4, -0.2) is 24.2 Å². The Morgan fingerprint density at radius 1 is 1.00 bits per heavy atom. The lowest BCUT2D eigenvalue weighted by atomic mass is 10.0. The van der Waals surface area contributed by atoms with E-state index in [-0.39, 0.29) is 12.3 Å². The van der Waals surface area contributed by atoms with Crippen LogP contribution in [0.15, 0.2) is 54.6 Å². The summed E-state index contributed by atoms with van der Waals surface area (Å²) in [4.78, 5) is 2.47. The number of rotatable bonds is 9. The first-order valence-corrected chi connectivity index (χ1v) is 10.6. The second-order valence-corrected chi connectivity index (χ2v) is 7.82. The van der Waals surface area contributed by atoms with Gasteiger partial charge in [-0.1, -0.05) is 61.5 Å². The van der Waals surface area contributed by atoms with Crippen molar-refractivity contribution >= 4 is 0 Å². The molecule has 1 saturated carbocycles. The van der Waals surface area contributed by atoms with Gasteiger partial charge in [0.25, 0.3) is 0 Å². The quantitative estimate of drug-likeness (QED) is 0.453. The van der Waals surface area contributed by atoms with E-state index in [1.807, 2.05) is 30.3 Å². The Morgan fingerprint density at radius 3 is 2.17 bits per heavy atom. The lowest BCUT2D eigenvalue weighted by molar-refractivity contribution is -0.148. The third-order valence-corrected chi connectivity index (χ3v) is 5.35. The monoisotopic (exact) mass is 416 g/mol. The van der Waals surface area contributed by atoms with Crippen molar-refractivity contribution in [2.45, 2.75) is 58.2 Å². The van der Waals surface area contributed by atoms with Crippen molar-refractivity contribution in [3.05, 3.63) is 71.3 Å². The number of nitrogens with zero attached hydrogens (tertiary/aromatic N) is 2. The Labute approximate surface area is 178 Å². The van der Waals surface area contributed by atoms with Gasteiger partial charge in [-0.3, -0.25) is 4.90 Å². The molecule has 0 aromatic heterocycles. The zero-order valence-corrected chi connectivity index (χ0v) is 17.8. The van der Waals surface area contributed by atoms with E-state index in [0.717, 1.165) is 44.5 Å². The molecule has 5 heteroatoms. The van der Waals surface area contributed by atoms with Crippen molar-refractivity contribution in [3.63, 3.8) is 0 Å². The molecule has 30 heavy (non-hydrogen) atoms. The molecule has 3 rings (SSSR count). The molecule has 1 fully saturated rings. The first-order chi connectivity index (χ1) is 14.4. The molecule has 0 heterocycles. The fraction of sp³-hybridized carbons (Fsp3) is 0.480. The summed E-state index contributed by atoms with van der Waals surface area (Å²) >= 11 is 0. The summed E-state index contributed by atoms with van der Waals surface area (Å²) in [5, 5.41) is 7.32. The predicted octanol–water partition coefficient (Wildman–Crippen LogP) is 6.73. The predicted molar refractivity (Wildman–Crippen MR) is 115 cm³/mol.